The minimum absolute atomic E-state index is 0.143. The Balaban J connectivity index is 1.60. The highest BCUT2D eigenvalue weighted by Crippen LogP contribution is 2.33. The van der Waals surface area contributed by atoms with Gasteiger partial charge in [0.25, 0.3) is 0 Å². The average molecular weight is 339 g/mol. The molecule has 1 saturated carbocycles. The van der Waals surface area contributed by atoms with Gasteiger partial charge in [0.1, 0.15) is 0 Å². The fourth-order valence-corrected chi connectivity index (χ4v) is 3.89. The zero-order valence-electron chi connectivity index (χ0n) is 14.3. The summed E-state index contributed by atoms with van der Waals surface area (Å²) in [5.74, 6) is 0. The average Bonchev–Trinajstić information content (AvgIpc) is 3.05. The van der Waals surface area contributed by atoms with Crippen molar-refractivity contribution >= 4 is 23.0 Å². The quantitative estimate of drug-likeness (QED) is 0.730. The molecule has 0 unspecified atom stereocenters. The van der Waals surface area contributed by atoms with Crippen molar-refractivity contribution in [2.24, 2.45) is 0 Å². The van der Waals surface area contributed by atoms with Gasteiger partial charge in [-0.25, -0.2) is 0 Å². The van der Waals surface area contributed by atoms with Crippen molar-refractivity contribution in [1.29, 1.82) is 0 Å². The molecule has 0 saturated heterocycles. The Morgan fingerprint density at radius 2 is 1.67 bits per heavy atom. The van der Waals surface area contributed by atoms with E-state index in [1.807, 2.05) is 0 Å². The Bertz CT molecular complexity index is 658. The summed E-state index contributed by atoms with van der Waals surface area (Å²) in [5.41, 5.74) is 3.86. The summed E-state index contributed by atoms with van der Waals surface area (Å²) in [6.07, 6.45) is 7.21. The van der Waals surface area contributed by atoms with Gasteiger partial charge in [0.15, 0.2) is 5.11 Å². The van der Waals surface area contributed by atoms with Crippen LogP contribution in [0.3, 0.4) is 0 Å². The van der Waals surface area contributed by atoms with Crippen LogP contribution in [-0.2, 0) is 6.42 Å². The van der Waals surface area contributed by atoms with E-state index in [1.54, 1.807) is 0 Å². The van der Waals surface area contributed by atoms with E-state index in [-0.39, 0.29) is 5.54 Å². The maximum absolute atomic E-state index is 5.59. The molecule has 2 nitrogen and oxygen atoms in total. The predicted molar refractivity (Wildman–Crippen MR) is 106 cm³/mol. The number of rotatable bonds is 5. The first-order valence-corrected chi connectivity index (χ1v) is 9.26. The molecule has 24 heavy (non-hydrogen) atoms. The Morgan fingerprint density at radius 1 is 1.00 bits per heavy atom. The van der Waals surface area contributed by atoms with Crippen LogP contribution in [0.2, 0.25) is 0 Å². The molecule has 3 rings (SSSR count). The molecule has 0 heterocycles. The molecular weight excluding hydrogens is 312 g/mol. The summed E-state index contributed by atoms with van der Waals surface area (Å²) in [5, 5.41) is 7.73. The van der Waals surface area contributed by atoms with Crippen molar-refractivity contribution in [3.8, 4) is 0 Å². The number of benzene rings is 2. The van der Waals surface area contributed by atoms with E-state index in [0.717, 1.165) is 23.6 Å². The lowest BCUT2D eigenvalue weighted by Crippen LogP contribution is -2.48. The largest absolute Gasteiger partial charge is 0.357 e. The van der Waals surface area contributed by atoms with Gasteiger partial charge in [-0.3, -0.25) is 0 Å². The van der Waals surface area contributed by atoms with Crippen LogP contribution >= 0.6 is 12.2 Å². The highest BCUT2D eigenvalue weighted by molar-refractivity contribution is 7.80. The molecule has 0 atom stereocenters. The van der Waals surface area contributed by atoms with Crippen molar-refractivity contribution in [1.82, 2.24) is 5.32 Å². The number of nitrogens with one attached hydrogen (secondary N) is 2. The Kier molecular flexibility index (Phi) is 5.52. The third kappa shape index (κ3) is 4.57. The van der Waals surface area contributed by atoms with E-state index in [1.165, 1.54) is 36.8 Å². The summed E-state index contributed by atoms with van der Waals surface area (Å²) in [7, 11) is 0. The van der Waals surface area contributed by atoms with Crippen molar-refractivity contribution in [3.63, 3.8) is 0 Å². The van der Waals surface area contributed by atoms with Crippen LogP contribution in [0, 0.1) is 6.92 Å². The molecule has 0 radical (unpaired) electrons. The summed E-state index contributed by atoms with van der Waals surface area (Å²) in [4.78, 5) is 0. The molecule has 1 aliphatic carbocycles. The van der Waals surface area contributed by atoms with Gasteiger partial charge in [0, 0.05) is 11.2 Å². The first kappa shape index (κ1) is 17.0. The van der Waals surface area contributed by atoms with Gasteiger partial charge in [-0.15, -0.1) is 0 Å². The molecule has 2 aromatic rings. The lowest BCUT2D eigenvalue weighted by atomic mass is 9.89. The van der Waals surface area contributed by atoms with Crippen LogP contribution < -0.4 is 10.6 Å². The van der Waals surface area contributed by atoms with E-state index >= 15 is 0 Å². The van der Waals surface area contributed by atoms with Gasteiger partial charge in [-0.05, 0) is 62.5 Å². The van der Waals surface area contributed by atoms with Crippen LogP contribution in [-0.4, -0.2) is 10.7 Å². The monoisotopic (exact) mass is 338 g/mol. The number of hydrogen-bond donors (Lipinski definition) is 2. The normalized spacial score (nSPS) is 15.9. The second kappa shape index (κ2) is 7.80. The maximum Gasteiger partial charge on any atom is 0.171 e. The standard InChI is InChI=1S/C21H26N2S/c1-17-9-11-19(12-10-17)22-20(24)23-21(14-5-6-15-21)16-13-18-7-3-2-4-8-18/h2-4,7-12H,5-6,13-16H2,1H3,(H2,22,23,24). The highest BCUT2D eigenvalue weighted by Gasteiger charge is 2.33. The third-order valence-electron chi connectivity index (χ3n) is 4.98. The van der Waals surface area contributed by atoms with Crippen LogP contribution in [0.1, 0.15) is 43.2 Å². The van der Waals surface area contributed by atoms with Gasteiger partial charge in [0.05, 0.1) is 0 Å². The summed E-state index contributed by atoms with van der Waals surface area (Å²) < 4.78 is 0. The SMILES string of the molecule is Cc1ccc(NC(=S)NC2(CCc3ccccc3)CCCC2)cc1. The van der Waals surface area contributed by atoms with E-state index in [0.29, 0.717) is 0 Å². The molecule has 0 bridgehead atoms. The molecule has 2 aromatic carbocycles. The highest BCUT2D eigenvalue weighted by atomic mass is 32.1. The summed E-state index contributed by atoms with van der Waals surface area (Å²) in [6, 6.07) is 19.1. The predicted octanol–water partition coefficient (Wildman–Crippen LogP) is 5.23. The molecule has 0 aromatic heterocycles. The molecular formula is C21H26N2S. The minimum atomic E-state index is 0.143. The van der Waals surface area contributed by atoms with Crippen LogP contribution in [0.4, 0.5) is 5.69 Å². The lowest BCUT2D eigenvalue weighted by molar-refractivity contribution is 0.362. The number of thiocarbonyl (C=S) groups is 1. The second-order valence-electron chi connectivity index (χ2n) is 6.92. The van der Waals surface area contributed by atoms with Crippen molar-refractivity contribution in [3.05, 3.63) is 65.7 Å². The fourth-order valence-electron chi connectivity index (χ4n) is 3.56. The zero-order chi connectivity index (χ0) is 16.8. The first-order chi connectivity index (χ1) is 11.7. The second-order valence-corrected chi connectivity index (χ2v) is 7.33. The Labute approximate surface area is 150 Å². The maximum atomic E-state index is 5.59. The first-order valence-electron chi connectivity index (χ1n) is 8.85. The lowest BCUT2D eigenvalue weighted by Gasteiger charge is -2.32. The van der Waals surface area contributed by atoms with E-state index < -0.39 is 0 Å². The molecule has 2 N–H and O–H groups in total. The number of hydrogen-bond acceptors (Lipinski definition) is 1. The summed E-state index contributed by atoms with van der Waals surface area (Å²) >= 11 is 5.59. The molecule has 3 heteroatoms. The molecule has 0 aliphatic heterocycles. The van der Waals surface area contributed by atoms with Gasteiger partial charge in [-0.1, -0.05) is 60.9 Å². The van der Waals surface area contributed by atoms with E-state index in [9.17, 15) is 0 Å². The van der Waals surface area contributed by atoms with Crippen molar-refractivity contribution < 1.29 is 0 Å². The van der Waals surface area contributed by atoms with Gasteiger partial charge in [0.2, 0.25) is 0 Å². The molecule has 126 valence electrons. The van der Waals surface area contributed by atoms with E-state index in [2.05, 4.69) is 72.2 Å². The number of anilines is 1. The van der Waals surface area contributed by atoms with Crippen LogP contribution in [0.5, 0.6) is 0 Å². The van der Waals surface area contributed by atoms with Gasteiger partial charge >= 0.3 is 0 Å². The Morgan fingerprint density at radius 3 is 2.33 bits per heavy atom. The minimum Gasteiger partial charge on any atom is -0.357 e. The third-order valence-corrected chi connectivity index (χ3v) is 5.19. The number of aryl methyl sites for hydroxylation is 2. The molecule has 0 spiro atoms. The van der Waals surface area contributed by atoms with E-state index in [4.69, 9.17) is 12.2 Å². The van der Waals surface area contributed by atoms with Gasteiger partial charge in [-0.2, -0.15) is 0 Å². The van der Waals surface area contributed by atoms with Crippen molar-refractivity contribution in [2.75, 3.05) is 5.32 Å². The molecule has 1 aliphatic rings. The van der Waals surface area contributed by atoms with Gasteiger partial charge < -0.3 is 10.6 Å². The smallest absolute Gasteiger partial charge is 0.171 e. The van der Waals surface area contributed by atoms with Crippen LogP contribution in [0.25, 0.3) is 0 Å². The fraction of sp³-hybridized carbons (Fsp3) is 0.381. The summed E-state index contributed by atoms with van der Waals surface area (Å²) in [6.45, 7) is 2.09. The van der Waals surface area contributed by atoms with Crippen LogP contribution in [0.15, 0.2) is 54.6 Å². The topological polar surface area (TPSA) is 24.1 Å². The molecule has 0 amide bonds. The Hall–Kier alpha value is -1.87. The van der Waals surface area contributed by atoms with Crippen molar-refractivity contribution in [2.45, 2.75) is 51.0 Å². The molecule has 1 fully saturated rings. The zero-order valence-corrected chi connectivity index (χ0v) is 15.2.